The molecular weight excluding hydrogens is 745 g/mol. The molecule has 10 atom stereocenters. The van der Waals surface area contributed by atoms with Gasteiger partial charge in [0.25, 0.3) is 5.56 Å². The van der Waals surface area contributed by atoms with Crippen molar-refractivity contribution in [1.82, 2.24) is 33.6 Å². The summed E-state index contributed by atoms with van der Waals surface area (Å²) in [6.45, 7) is -9.72. The van der Waals surface area contributed by atoms with Crippen LogP contribution in [-0.4, -0.2) is 107 Å². The molecule has 0 amide bonds. The van der Waals surface area contributed by atoms with E-state index in [9.17, 15) is 24.1 Å². The molecule has 4 aromatic rings. The molecule has 4 aliphatic heterocycles. The van der Waals surface area contributed by atoms with Gasteiger partial charge in [-0.1, -0.05) is 24.5 Å². The molecule has 0 spiro atoms. The lowest BCUT2D eigenvalue weighted by Crippen LogP contribution is -2.35. The molecule has 0 radical (unpaired) electrons. The first-order chi connectivity index (χ1) is 23.9. The molecule has 24 heteroatoms. The maximum atomic E-state index is 16.0. The molecule has 270 valence electrons. The van der Waals surface area contributed by atoms with Crippen LogP contribution >= 0.6 is 38.1 Å². The third-order valence-corrected chi connectivity index (χ3v) is 12.2. The number of nitrogens with one attached hydrogen (secondary N) is 1. The standard InChI is InChI=1S/C26H31FN8O11P2S2/c27-16-13-7-41-47(39,49)45-19-14(44-25(18(19)37)34-6-12-2-1-3-28-21-15(12)22(34)30-9-29-21)8-42-48(40,50)46-20(16)26(43-13)35-11-31-17-23(35)32-10-33(4-5-36)24(17)38/h6,9-11,13-14,16,18-20,25-26,36-37H,1-5,7-8H2,(H,39,49)(H,40,50)(H,28,29,30)/t13-,14-,16-,18-,19-,20-,25-,26-,47?,48?/m1/s1. The summed E-state index contributed by atoms with van der Waals surface area (Å²) in [4.78, 5) is 29.9. The largest absolute Gasteiger partial charge is 0.395 e. The minimum absolute atomic E-state index is 0.0159. The van der Waals surface area contributed by atoms with Gasteiger partial charge in [0, 0.05) is 12.7 Å². The summed E-state index contributed by atoms with van der Waals surface area (Å²) in [5, 5.41) is 24.8. The topological polar surface area (TPSA) is 225 Å². The first kappa shape index (κ1) is 34.6. The molecule has 0 aromatic carbocycles. The van der Waals surface area contributed by atoms with Gasteiger partial charge in [-0.3, -0.25) is 32.0 Å². The summed E-state index contributed by atoms with van der Waals surface area (Å²) >= 11 is 8.19. The zero-order chi connectivity index (χ0) is 34.9. The Morgan fingerprint density at radius 3 is 2.48 bits per heavy atom. The Morgan fingerprint density at radius 1 is 0.960 bits per heavy atom. The van der Waals surface area contributed by atoms with Crippen molar-refractivity contribution in [2.75, 3.05) is 31.7 Å². The Balaban J connectivity index is 1.10. The number of alkyl halides is 1. The van der Waals surface area contributed by atoms with Gasteiger partial charge in [0.05, 0.1) is 38.1 Å². The predicted octanol–water partition coefficient (Wildman–Crippen LogP) is 1.78. The first-order valence-corrected chi connectivity index (χ1v) is 20.9. The van der Waals surface area contributed by atoms with E-state index < -0.39 is 81.5 Å². The molecule has 8 heterocycles. The number of hydrogen-bond acceptors (Lipinski definition) is 16. The van der Waals surface area contributed by atoms with E-state index in [1.807, 2.05) is 0 Å². The lowest BCUT2D eigenvalue weighted by atomic mass is 10.1. The van der Waals surface area contributed by atoms with Crippen LogP contribution in [0.15, 0.2) is 30.0 Å². The molecule has 19 nitrogen and oxygen atoms in total. The maximum absolute atomic E-state index is 16.0. The fraction of sp³-hybridized carbons (Fsp3) is 0.577. The molecule has 8 rings (SSSR count). The third-order valence-electron chi connectivity index (χ3n) is 8.93. The minimum Gasteiger partial charge on any atom is -0.395 e. The smallest absolute Gasteiger partial charge is 0.386 e. The minimum atomic E-state index is -4.45. The Bertz CT molecular complexity index is 2110. The number of anilines is 1. The highest BCUT2D eigenvalue weighted by Gasteiger charge is 2.54. The number of aryl methyl sites for hydroxylation is 1. The van der Waals surface area contributed by atoms with E-state index in [1.54, 1.807) is 10.8 Å². The van der Waals surface area contributed by atoms with Crippen molar-refractivity contribution < 1.29 is 51.3 Å². The molecule has 4 aliphatic rings. The van der Waals surface area contributed by atoms with E-state index in [0.29, 0.717) is 17.9 Å². The van der Waals surface area contributed by atoms with E-state index in [2.05, 4.69) is 49.7 Å². The van der Waals surface area contributed by atoms with Gasteiger partial charge in [0.1, 0.15) is 54.6 Å². The average molecular weight is 777 g/mol. The van der Waals surface area contributed by atoms with Crippen molar-refractivity contribution in [3.05, 3.63) is 41.1 Å². The number of aromatic nitrogens is 7. The second kappa shape index (κ2) is 13.2. The van der Waals surface area contributed by atoms with Crippen molar-refractivity contribution in [3.63, 3.8) is 0 Å². The zero-order valence-electron chi connectivity index (χ0n) is 25.7. The number of thiol groups is 2. The van der Waals surface area contributed by atoms with Crippen molar-refractivity contribution in [3.8, 4) is 0 Å². The summed E-state index contributed by atoms with van der Waals surface area (Å²) in [6.07, 6.45) is -4.89. The van der Waals surface area contributed by atoms with Crippen molar-refractivity contribution in [2.24, 2.45) is 0 Å². The van der Waals surface area contributed by atoms with E-state index in [4.69, 9.17) is 27.6 Å². The summed E-state index contributed by atoms with van der Waals surface area (Å²) < 4.78 is 81.7. The molecular formula is C26H31FN8O11P2S2. The van der Waals surface area contributed by atoms with Crippen molar-refractivity contribution in [2.45, 2.75) is 68.5 Å². The molecule has 3 saturated heterocycles. The quantitative estimate of drug-likeness (QED) is 0.147. The molecule has 50 heavy (non-hydrogen) atoms. The second-order valence-corrected chi connectivity index (χ2v) is 17.8. The zero-order valence-corrected chi connectivity index (χ0v) is 29.3. The van der Waals surface area contributed by atoms with Crippen LogP contribution in [0, 0.1) is 0 Å². The molecule has 0 saturated carbocycles. The van der Waals surface area contributed by atoms with Gasteiger partial charge in [0.15, 0.2) is 29.8 Å². The number of nitrogens with zero attached hydrogens (tertiary/aromatic N) is 7. The highest BCUT2D eigenvalue weighted by atomic mass is 32.7. The van der Waals surface area contributed by atoms with Gasteiger partial charge in [0.2, 0.25) is 0 Å². The monoisotopic (exact) mass is 776 g/mol. The van der Waals surface area contributed by atoms with Crippen LogP contribution in [0.3, 0.4) is 0 Å². The van der Waals surface area contributed by atoms with Crippen LogP contribution in [0.4, 0.5) is 10.2 Å². The Hall–Kier alpha value is -2.46. The van der Waals surface area contributed by atoms with Crippen molar-refractivity contribution >= 4 is 66.1 Å². The Labute approximate surface area is 291 Å². The maximum Gasteiger partial charge on any atom is 0.386 e. The Kier molecular flexibility index (Phi) is 9.13. The molecule has 0 aliphatic carbocycles. The Morgan fingerprint density at radius 2 is 1.70 bits per heavy atom. The number of ether oxygens (including phenoxy) is 2. The number of halogens is 1. The van der Waals surface area contributed by atoms with Gasteiger partial charge in [-0.15, -0.1) is 0 Å². The van der Waals surface area contributed by atoms with Crippen LogP contribution < -0.4 is 10.9 Å². The van der Waals surface area contributed by atoms with E-state index >= 15 is 4.39 Å². The SMILES string of the molecule is O=c1c2ncn([C@@H]3O[C@@H]4COP(=O)(S)O[C@H]5[C@@H](O)[C@H](n6cc7c8c(ncnc86)NCCC7)O[C@@H]5COP(=O)(S)O[C@@H]3[C@@H]4F)c2ncn1CCO. The number of rotatable bonds is 4. The van der Waals surface area contributed by atoms with Gasteiger partial charge in [-0.2, -0.15) is 0 Å². The highest BCUT2D eigenvalue weighted by Crippen LogP contribution is 2.60. The average Bonchev–Trinajstić information content (AvgIpc) is 3.78. The highest BCUT2D eigenvalue weighted by molar-refractivity contribution is 8.44. The molecule has 2 unspecified atom stereocenters. The second-order valence-electron chi connectivity index (χ2n) is 12.0. The van der Waals surface area contributed by atoms with E-state index in [1.165, 1.54) is 23.5 Å². The first-order valence-electron chi connectivity index (χ1n) is 15.5. The third kappa shape index (κ3) is 6.12. The normalized spacial score (nSPS) is 36.3. The fourth-order valence-corrected chi connectivity index (χ4v) is 9.59. The van der Waals surface area contributed by atoms with Crippen LogP contribution in [0.25, 0.3) is 22.2 Å². The van der Waals surface area contributed by atoms with Crippen LogP contribution in [0.1, 0.15) is 24.4 Å². The van der Waals surface area contributed by atoms with Crippen LogP contribution in [0.5, 0.6) is 0 Å². The van der Waals surface area contributed by atoms with E-state index in [-0.39, 0.29) is 24.3 Å². The number of imidazole rings is 1. The summed E-state index contributed by atoms with van der Waals surface area (Å²) in [6, 6.07) is 0. The van der Waals surface area contributed by atoms with Gasteiger partial charge in [-0.25, -0.2) is 33.5 Å². The number of aliphatic hydroxyl groups is 2. The van der Waals surface area contributed by atoms with Gasteiger partial charge < -0.3 is 29.6 Å². The number of aliphatic hydroxyl groups excluding tert-OH is 2. The lowest BCUT2D eigenvalue weighted by molar-refractivity contribution is -0.0572. The fourth-order valence-electron chi connectivity index (χ4n) is 6.65. The lowest BCUT2D eigenvalue weighted by Gasteiger charge is -2.26. The van der Waals surface area contributed by atoms with Gasteiger partial charge in [-0.05, 0) is 18.4 Å². The number of hydrogen-bond donors (Lipinski definition) is 5. The van der Waals surface area contributed by atoms with Crippen LogP contribution in [0.2, 0.25) is 0 Å². The van der Waals surface area contributed by atoms with E-state index in [0.717, 1.165) is 28.5 Å². The molecule has 2 bridgehead atoms. The molecule has 4 aromatic heterocycles. The summed E-state index contributed by atoms with van der Waals surface area (Å²) in [5.41, 5.74) is 0.696. The summed E-state index contributed by atoms with van der Waals surface area (Å²) in [5.74, 6) is 0.636. The predicted molar refractivity (Wildman–Crippen MR) is 177 cm³/mol. The van der Waals surface area contributed by atoms with Gasteiger partial charge >= 0.3 is 13.6 Å². The van der Waals surface area contributed by atoms with Crippen molar-refractivity contribution in [1.29, 1.82) is 0 Å². The summed E-state index contributed by atoms with van der Waals surface area (Å²) in [7, 11) is 0. The molecule has 3 fully saturated rings. The van der Waals surface area contributed by atoms with Crippen LogP contribution in [-0.2, 0) is 49.7 Å². The number of fused-ring (bicyclic) bond motifs is 4. The molecule has 3 N–H and O–H groups in total.